The van der Waals surface area contributed by atoms with Crippen LogP contribution in [0.2, 0.25) is 0 Å². The maximum atomic E-state index is 12.3. The Balaban J connectivity index is 1.66. The summed E-state index contributed by atoms with van der Waals surface area (Å²) >= 11 is 0. The van der Waals surface area contributed by atoms with Crippen molar-refractivity contribution in [3.05, 3.63) is 76.0 Å². The van der Waals surface area contributed by atoms with Crippen LogP contribution in [0.15, 0.2) is 36.5 Å². The first-order valence-corrected chi connectivity index (χ1v) is 11.6. The number of aryl methyl sites for hydroxylation is 3. The molecule has 0 saturated carbocycles. The van der Waals surface area contributed by atoms with Gasteiger partial charge in [-0.2, -0.15) is 10.2 Å². The largest absolute Gasteiger partial charge is 0.462 e. The van der Waals surface area contributed by atoms with E-state index in [0.717, 1.165) is 59.8 Å². The number of hydrogen-bond donors (Lipinski definition) is 0. The van der Waals surface area contributed by atoms with Crippen molar-refractivity contribution < 1.29 is 9.53 Å². The van der Waals surface area contributed by atoms with Crippen LogP contribution in [0.5, 0.6) is 0 Å². The molecular weight excluding hydrogens is 414 g/mol. The van der Waals surface area contributed by atoms with Crippen molar-refractivity contribution in [3.8, 4) is 5.69 Å². The molecule has 4 aromatic rings. The molecule has 1 aromatic carbocycles. The Labute approximate surface area is 194 Å². The van der Waals surface area contributed by atoms with Gasteiger partial charge in [0.05, 0.1) is 29.9 Å². The third kappa shape index (κ3) is 4.40. The molecule has 4 rings (SSSR count). The number of esters is 1. The zero-order valence-corrected chi connectivity index (χ0v) is 20.1. The van der Waals surface area contributed by atoms with E-state index in [-0.39, 0.29) is 5.97 Å². The van der Waals surface area contributed by atoms with E-state index in [1.165, 1.54) is 11.1 Å². The Kier molecular flexibility index (Phi) is 6.58. The van der Waals surface area contributed by atoms with Crippen LogP contribution in [0.3, 0.4) is 0 Å². The van der Waals surface area contributed by atoms with Gasteiger partial charge in [0.25, 0.3) is 0 Å². The Morgan fingerprint density at radius 1 is 1.09 bits per heavy atom. The average molecular weight is 446 g/mol. The van der Waals surface area contributed by atoms with Crippen LogP contribution < -0.4 is 0 Å². The van der Waals surface area contributed by atoms with Gasteiger partial charge in [0.1, 0.15) is 5.56 Å². The van der Waals surface area contributed by atoms with Gasteiger partial charge in [-0.05, 0) is 57.4 Å². The lowest BCUT2D eigenvalue weighted by Gasteiger charge is -2.10. The van der Waals surface area contributed by atoms with Crippen molar-refractivity contribution in [1.29, 1.82) is 0 Å². The predicted octanol–water partition coefficient (Wildman–Crippen LogP) is 4.81. The van der Waals surface area contributed by atoms with Gasteiger partial charge < -0.3 is 4.74 Å². The number of fused-ring (bicyclic) bond motifs is 1. The van der Waals surface area contributed by atoms with Gasteiger partial charge in [0.15, 0.2) is 5.65 Å². The highest BCUT2D eigenvalue weighted by Crippen LogP contribution is 2.23. The van der Waals surface area contributed by atoms with Gasteiger partial charge in [0, 0.05) is 23.4 Å². The molecule has 0 amide bonds. The van der Waals surface area contributed by atoms with E-state index in [4.69, 9.17) is 14.8 Å². The molecule has 0 N–H and O–H groups in total. The van der Waals surface area contributed by atoms with E-state index >= 15 is 0 Å². The highest BCUT2D eigenvalue weighted by atomic mass is 16.5. The van der Waals surface area contributed by atoms with Crippen LogP contribution >= 0.6 is 0 Å². The number of nitrogens with zero attached hydrogens (tertiary/aromatic N) is 5. The first-order chi connectivity index (χ1) is 16.0. The lowest BCUT2D eigenvalue weighted by atomic mass is 10.0. The topological polar surface area (TPSA) is 74.3 Å². The van der Waals surface area contributed by atoms with Crippen LogP contribution in [-0.2, 0) is 24.0 Å². The molecule has 0 fully saturated rings. The molecule has 0 bridgehead atoms. The summed E-state index contributed by atoms with van der Waals surface area (Å²) in [7, 11) is 0. The van der Waals surface area contributed by atoms with Crippen LogP contribution in [0.1, 0.15) is 71.5 Å². The molecule has 0 aliphatic heterocycles. The average Bonchev–Trinajstić information content (AvgIpc) is 3.37. The van der Waals surface area contributed by atoms with E-state index < -0.39 is 0 Å². The first kappa shape index (κ1) is 22.7. The number of carbonyl (C=O) groups is 1. The molecule has 0 spiro atoms. The second-order valence-electron chi connectivity index (χ2n) is 8.28. The van der Waals surface area contributed by atoms with Gasteiger partial charge in [-0.25, -0.2) is 19.0 Å². The second-order valence-corrected chi connectivity index (χ2v) is 8.28. The van der Waals surface area contributed by atoms with Crippen molar-refractivity contribution in [2.45, 2.75) is 60.3 Å². The summed E-state index contributed by atoms with van der Waals surface area (Å²) in [5.41, 5.74) is 8.81. The predicted molar refractivity (Wildman–Crippen MR) is 128 cm³/mol. The third-order valence-electron chi connectivity index (χ3n) is 5.82. The normalized spacial score (nSPS) is 11.3. The standard InChI is InChI=1S/C26H31N5O2/c1-6-9-24-22(26(32)33-8-3)16-27-31(24)20-12-10-19(11-13-20)15-21-23(7-2)29-30-18(5)14-17(4)28-25(21)30/h10-14,16H,6-9,15H2,1-5H3. The summed E-state index contributed by atoms with van der Waals surface area (Å²) < 4.78 is 9.01. The van der Waals surface area contributed by atoms with Gasteiger partial charge in [-0.3, -0.25) is 0 Å². The Morgan fingerprint density at radius 3 is 2.52 bits per heavy atom. The molecule has 0 atom stereocenters. The van der Waals surface area contributed by atoms with E-state index in [0.29, 0.717) is 12.2 Å². The van der Waals surface area contributed by atoms with Crippen molar-refractivity contribution in [2.24, 2.45) is 0 Å². The van der Waals surface area contributed by atoms with Crippen LogP contribution in [-0.4, -0.2) is 37.0 Å². The van der Waals surface area contributed by atoms with Gasteiger partial charge in [-0.1, -0.05) is 32.4 Å². The molecule has 0 unspecified atom stereocenters. The summed E-state index contributed by atoms with van der Waals surface area (Å²) in [6.07, 6.45) is 4.90. The second kappa shape index (κ2) is 9.57. The molecular formula is C26H31N5O2. The highest BCUT2D eigenvalue weighted by molar-refractivity contribution is 5.90. The molecule has 7 nitrogen and oxygen atoms in total. The van der Waals surface area contributed by atoms with Crippen LogP contribution in [0.25, 0.3) is 11.3 Å². The van der Waals surface area contributed by atoms with Crippen molar-refractivity contribution in [1.82, 2.24) is 24.4 Å². The lowest BCUT2D eigenvalue weighted by Crippen LogP contribution is -2.09. The molecule has 172 valence electrons. The lowest BCUT2D eigenvalue weighted by molar-refractivity contribution is 0.0525. The zero-order chi connectivity index (χ0) is 23.5. The zero-order valence-electron chi connectivity index (χ0n) is 20.1. The van der Waals surface area contributed by atoms with E-state index in [2.05, 4.69) is 56.2 Å². The number of hydrogen-bond acceptors (Lipinski definition) is 5. The molecule has 0 aliphatic rings. The maximum Gasteiger partial charge on any atom is 0.341 e. The summed E-state index contributed by atoms with van der Waals surface area (Å²) in [4.78, 5) is 17.1. The smallest absolute Gasteiger partial charge is 0.341 e. The number of rotatable bonds is 8. The van der Waals surface area contributed by atoms with Crippen molar-refractivity contribution in [3.63, 3.8) is 0 Å². The molecule has 0 aliphatic carbocycles. The molecule has 33 heavy (non-hydrogen) atoms. The monoisotopic (exact) mass is 445 g/mol. The molecule has 3 aromatic heterocycles. The first-order valence-electron chi connectivity index (χ1n) is 11.6. The Morgan fingerprint density at radius 2 is 1.85 bits per heavy atom. The molecule has 0 saturated heterocycles. The number of carbonyl (C=O) groups excluding carboxylic acids is 1. The Bertz CT molecular complexity index is 1280. The fourth-order valence-electron chi connectivity index (χ4n) is 4.29. The fourth-order valence-corrected chi connectivity index (χ4v) is 4.29. The SMILES string of the molecule is CCCc1c(C(=O)OCC)cnn1-c1ccc(Cc2c(CC)nn3c(C)cc(C)nc23)cc1. The maximum absolute atomic E-state index is 12.3. The van der Waals surface area contributed by atoms with E-state index in [1.807, 2.05) is 23.0 Å². The van der Waals surface area contributed by atoms with Gasteiger partial charge in [-0.15, -0.1) is 0 Å². The minimum absolute atomic E-state index is 0.318. The summed E-state index contributed by atoms with van der Waals surface area (Å²) in [6, 6.07) is 10.4. The molecule has 7 heteroatoms. The molecule has 3 heterocycles. The highest BCUT2D eigenvalue weighted by Gasteiger charge is 2.19. The van der Waals surface area contributed by atoms with E-state index in [1.54, 1.807) is 6.20 Å². The fraction of sp³-hybridized carbons (Fsp3) is 0.385. The van der Waals surface area contributed by atoms with Crippen molar-refractivity contribution in [2.75, 3.05) is 6.61 Å². The van der Waals surface area contributed by atoms with Crippen LogP contribution in [0, 0.1) is 13.8 Å². The number of benzene rings is 1. The van der Waals surface area contributed by atoms with Gasteiger partial charge >= 0.3 is 5.97 Å². The summed E-state index contributed by atoms with van der Waals surface area (Å²) in [5, 5.41) is 9.29. The van der Waals surface area contributed by atoms with Crippen molar-refractivity contribution >= 4 is 11.6 Å². The van der Waals surface area contributed by atoms with Crippen LogP contribution in [0.4, 0.5) is 0 Å². The molecule has 0 radical (unpaired) electrons. The minimum Gasteiger partial charge on any atom is -0.462 e. The minimum atomic E-state index is -0.318. The Hall–Kier alpha value is -3.48. The quantitative estimate of drug-likeness (QED) is 0.364. The van der Waals surface area contributed by atoms with E-state index in [9.17, 15) is 4.79 Å². The summed E-state index contributed by atoms with van der Waals surface area (Å²) in [6.45, 7) is 10.5. The summed E-state index contributed by atoms with van der Waals surface area (Å²) in [5.74, 6) is -0.318. The number of aromatic nitrogens is 5. The third-order valence-corrected chi connectivity index (χ3v) is 5.82. The number of ether oxygens (including phenoxy) is 1. The van der Waals surface area contributed by atoms with Gasteiger partial charge in [0.2, 0.25) is 0 Å².